The van der Waals surface area contributed by atoms with Crippen LogP contribution < -0.4 is 17.0 Å². The molecule has 2 rings (SSSR count). The molecule has 0 fully saturated rings. The number of hydrogen-bond acceptors (Lipinski definition) is 1. The predicted molar refractivity (Wildman–Crippen MR) is 57.5 cm³/mol. The molecule has 0 bridgehead atoms. The van der Waals surface area contributed by atoms with Gasteiger partial charge in [-0.25, -0.2) is 0 Å². The van der Waals surface area contributed by atoms with Crippen LogP contribution in [0, 0.1) is 11.3 Å². The zero-order valence-electron chi connectivity index (χ0n) is 7.82. The van der Waals surface area contributed by atoms with Crippen LogP contribution in [-0.2, 0) is 6.54 Å². The molecule has 0 N–H and O–H groups in total. The van der Waals surface area contributed by atoms with Crippen molar-refractivity contribution in [3.8, 4) is 6.07 Å². The number of pyridine rings is 1. The van der Waals surface area contributed by atoms with Crippen LogP contribution in [0.15, 0.2) is 41.1 Å². The van der Waals surface area contributed by atoms with Gasteiger partial charge in [-0.15, -0.1) is 0 Å². The number of halogens is 2. The highest BCUT2D eigenvalue weighted by Gasteiger charge is 2.03. The average molecular weight is 284 g/mol. The largest absolute Gasteiger partial charge is 1.00 e. The molecule has 0 spiro atoms. The Hall–Kier alpha value is -1.11. The molecule has 0 radical (unpaired) electrons. The molecule has 1 heterocycles. The Kier molecular flexibility index (Phi) is 4.07. The van der Waals surface area contributed by atoms with Gasteiger partial charge >= 0.3 is 0 Å². The summed E-state index contributed by atoms with van der Waals surface area (Å²) in [6.07, 6.45) is 3.89. The minimum atomic E-state index is 0. The summed E-state index contributed by atoms with van der Waals surface area (Å²) < 4.78 is 2.95. The van der Waals surface area contributed by atoms with Gasteiger partial charge in [0, 0.05) is 21.3 Å². The lowest BCUT2D eigenvalue weighted by Crippen LogP contribution is -3.00. The summed E-state index contributed by atoms with van der Waals surface area (Å²) in [5.41, 5.74) is 0. The molecule has 2 aromatic rings. The summed E-state index contributed by atoms with van der Waals surface area (Å²) in [6, 6.07) is 10.2. The molecular formula is C11H8BrClN2. The van der Waals surface area contributed by atoms with Crippen molar-refractivity contribution in [3.63, 3.8) is 0 Å². The van der Waals surface area contributed by atoms with E-state index >= 15 is 0 Å². The Morgan fingerprint density at radius 1 is 1.33 bits per heavy atom. The number of fused-ring (bicyclic) bond motifs is 1. The average Bonchev–Trinajstić information content (AvgIpc) is 2.18. The Labute approximate surface area is 103 Å². The number of aromatic nitrogens is 1. The molecule has 0 unspecified atom stereocenters. The van der Waals surface area contributed by atoms with E-state index in [0.717, 1.165) is 9.86 Å². The monoisotopic (exact) mass is 282 g/mol. The molecule has 0 atom stereocenters. The molecule has 0 aliphatic carbocycles. The minimum absolute atomic E-state index is 0. The summed E-state index contributed by atoms with van der Waals surface area (Å²) >= 11 is 3.49. The third kappa shape index (κ3) is 2.47. The van der Waals surface area contributed by atoms with E-state index < -0.39 is 0 Å². The van der Waals surface area contributed by atoms with Crippen molar-refractivity contribution in [3.05, 3.63) is 41.1 Å². The maximum absolute atomic E-state index is 8.57. The first kappa shape index (κ1) is 12.0. The van der Waals surface area contributed by atoms with Crippen LogP contribution in [0.3, 0.4) is 0 Å². The van der Waals surface area contributed by atoms with E-state index in [2.05, 4.69) is 22.0 Å². The van der Waals surface area contributed by atoms with E-state index in [0.29, 0.717) is 6.54 Å². The molecule has 0 aliphatic rings. The van der Waals surface area contributed by atoms with E-state index in [1.807, 2.05) is 41.2 Å². The van der Waals surface area contributed by atoms with E-state index in [1.165, 1.54) is 5.39 Å². The van der Waals surface area contributed by atoms with Gasteiger partial charge in [-0.05, 0) is 12.1 Å². The maximum Gasteiger partial charge on any atom is 0.233 e. The van der Waals surface area contributed by atoms with Gasteiger partial charge in [-0.2, -0.15) is 9.83 Å². The topological polar surface area (TPSA) is 27.7 Å². The fourth-order valence-electron chi connectivity index (χ4n) is 1.41. The van der Waals surface area contributed by atoms with Crippen molar-refractivity contribution in [2.45, 2.75) is 6.54 Å². The smallest absolute Gasteiger partial charge is 0.233 e. The van der Waals surface area contributed by atoms with Gasteiger partial charge in [0.25, 0.3) is 0 Å². The first-order valence-corrected chi connectivity index (χ1v) is 5.05. The van der Waals surface area contributed by atoms with Crippen molar-refractivity contribution in [2.24, 2.45) is 0 Å². The summed E-state index contributed by atoms with van der Waals surface area (Å²) in [6.45, 7) is 0.391. The standard InChI is InChI=1S/C11H8BrN2.ClH/c12-11-3-1-2-9-8-14(7-5-13)6-4-10(9)11;/h1-4,6,8H,7H2;1H/q+1;/p-1. The minimum Gasteiger partial charge on any atom is -1.00 e. The second kappa shape index (κ2) is 5.11. The third-order valence-corrected chi connectivity index (χ3v) is 2.77. The molecule has 15 heavy (non-hydrogen) atoms. The second-order valence-electron chi connectivity index (χ2n) is 3.02. The van der Waals surface area contributed by atoms with Gasteiger partial charge < -0.3 is 12.4 Å². The number of benzene rings is 1. The Bertz CT molecular complexity index is 519. The molecule has 76 valence electrons. The van der Waals surface area contributed by atoms with Crippen molar-refractivity contribution >= 4 is 26.7 Å². The highest BCUT2D eigenvalue weighted by Crippen LogP contribution is 2.21. The van der Waals surface area contributed by atoms with E-state index in [1.54, 1.807) is 0 Å². The number of nitrogens with zero attached hydrogens (tertiary/aromatic N) is 2. The van der Waals surface area contributed by atoms with Crippen LogP contribution in [0.4, 0.5) is 0 Å². The molecule has 2 nitrogen and oxygen atoms in total. The van der Waals surface area contributed by atoms with Gasteiger partial charge in [0.1, 0.15) is 6.07 Å². The first-order valence-electron chi connectivity index (χ1n) is 4.25. The van der Waals surface area contributed by atoms with Crippen molar-refractivity contribution in [1.82, 2.24) is 0 Å². The van der Waals surface area contributed by atoms with Crippen LogP contribution in [0.1, 0.15) is 0 Å². The third-order valence-electron chi connectivity index (χ3n) is 2.08. The normalized spacial score (nSPS) is 9.33. The number of hydrogen-bond donors (Lipinski definition) is 0. The predicted octanol–water partition coefficient (Wildman–Crippen LogP) is -0.583. The maximum atomic E-state index is 8.57. The fraction of sp³-hybridized carbons (Fsp3) is 0.0909. The van der Waals surface area contributed by atoms with Gasteiger partial charge in [-0.3, -0.25) is 0 Å². The van der Waals surface area contributed by atoms with Crippen molar-refractivity contribution < 1.29 is 17.0 Å². The van der Waals surface area contributed by atoms with Gasteiger partial charge in [0.05, 0.1) is 0 Å². The molecule has 0 saturated heterocycles. The molecule has 1 aromatic heterocycles. The van der Waals surface area contributed by atoms with Crippen LogP contribution in [0.2, 0.25) is 0 Å². The molecule has 0 amide bonds. The van der Waals surface area contributed by atoms with E-state index in [9.17, 15) is 0 Å². The number of nitriles is 1. The number of rotatable bonds is 1. The summed E-state index contributed by atoms with van der Waals surface area (Å²) in [5, 5.41) is 10.9. The second-order valence-corrected chi connectivity index (χ2v) is 3.87. The summed E-state index contributed by atoms with van der Waals surface area (Å²) in [4.78, 5) is 0. The van der Waals surface area contributed by atoms with Crippen molar-refractivity contribution in [2.75, 3.05) is 0 Å². The zero-order chi connectivity index (χ0) is 9.97. The lowest BCUT2D eigenvalue weighted by Gasteiger charge is -1.97. The summed E-state index contributed by atoms with van der Waals surface area (Å²) in [7, 11) is 0. The highest BCUT2D eigenvalue weighted by atomic mass is 79.9. The molecule has 1 aromatic carbocycles. The fourth-order valence-corrected chi connectivity index (χ4v) is 1.93. The Morgan fingerprint density at radius 3 is 2.87 bits per heavy atom. The quantitative estimate of drug-likeness (QED) is 0.644. The summed E-state index contributed by atoms with van der Waals surface area (Å²) in [5.74, 6) is 0. The van der Waals surface area contributed by atoms with Crippen molar-refractivity contribution in [1.29, 1.82) is 5.26 Å². The molecule has 0 saturated carbocycles. The SMILES string of the molecule is N#CC[n+]1ccc2c(Br)cccc2c1.[Cl-]. The molecule has 4 heteroatoms. The highest BCUT2D eigenvalue weighted by molar-refractivity contribution is 9.10. The molecular weight excluding hydrogens is 275 g/mol. The van der Waals surface area contributed by atoms with E-state index in [-0.39, 0.29) is 12.4 Å². The Balaban J connectivity index is 0.00000112. The van der Waals surface area contributed by atoms with E-state index in [4.69, 9.17) is 5.26 Å². The van der Waals surface area contributed by atoms with Crippen LogP contribution in [0.25, 0.3) is 10.8 Å². The van der Waals surface area contributed by atoms with Crippen LogP contribution in [0.5, 0.6) is 0 Å². The molecule has 0 aliphatic heterocycles. The lowest BCUT2D eigenvalue weighted by atomic mass is 10.2. The van der Waals surface area contributed by atoms with Gasteiger partial charge in [0.2, 0.25) is 6.54 Å². The lowest BCUT2D eigenvalue weighted by molar-refractivity contribution is -0.683. The van der Waals surface area contributed by atoms with Crippen LogP contribution in [-0.4, -0.2) is 0 Å². The van der Waals surface area contributed by atoms with Crippen LogP contribution >= 0.6 is 15.9 Å². The first-order chi connectivity index (χ1) is 6.81. The van der Waals surface area contributed by atoms with Gasteiger partial charge in [0.15, 0.2) is 12.4 Å². The zero-order valence-corrected chi connectivity index (χ0v) is 10.2. The Morgan fingerprint density at radius 2 is 2.13 bits per heavy atom. The van der Waals surface area contributed by atoms with Gasteiger partial charge in [-0.1, -0.05) is 22.0 Å².